The average molecular weight is 248 g/mol. The van der Waals surface area contributed by atoms with Gasteiger partial charge in [0.25, 0.3) is 0 Å². The average Bonchev–Trinajstić information content (AvgIpc) is 2.08. The molecule has 1 aliphatic rings. The number of nitrogens with one attached hydrogen (secondary N) is 1. The second-order valence-electron chi connectivity index (χ2n) is 4.64. The summed E-state index contributed by atoms with van der Waals surface area (Å²) in [6.07, 6.45) is 4.71. The Kier molecular flexibility index (Phi) is 3.77. The van der Waals surface area contributed by atoms with Crippen LogP contribution < -0.4 is 5.32 Å². The summed E-state index contributed by atoms with van der Waals surface area (Å²) in [5.41, 5.74) is 0.482. The standard InChI is InChI=1S/C10H18BrNO/c1-10(2)5-3-8(4-6-10)12-9(13)7-11/h8H,3-7H2,1-2H3,(H,12,13). The molecule has 1 rings (SSSR count). The molecule has 0 unspecified atom stereocenters. The highest BCUT2D eigenvalue weighted by Gasteiger charge is 2.27. The molecule has 0 radical (unpaired) electrons. The van der Waals surface area contributed by atoms with Crippen molar-refractivity contribution >= 4 is 21.8 Å². The van der Waals surface area contributed by atoms with Crippen molar-refractivity contribution in [2.45, 2.75) is 45.6 Å². The van der Waals surface area contributed by atoms with Gasteiger partial charge < -0.3 is 5.32 Å². The van der Waals surface area contributed by atoms with E-state index in [9.17, 15) is 4.79 Å². The quantitative estimate of drug-likeness (QED) is 0.747. The first-order valence-electron chi connectivity index (χ1n) is 4.89. The van der Waals surface area contributed by atoms with Crippen LogP contribution in [0.1, 0.15) is 39.5 Å². The van der Waals surface area contributed by atoms with E-state index in [1.165, 1.54) is 12.8 Å². The Morgan fingerprint density at radius 1 is 1.46 bits per heavy atom. The summed E-state index contributed by atoms with van der Waals surface area (Å²) in [6, 6.07) is 0.415. The van der Waals surface area contributed by atoms with Gasteiger partial charge in [-0.2, -0.15) is 0 Å². The molecule has 0 aromatic heterocycles. The number of carbonyl (C=O) groups is 1. The number of rotatable bonds is 2. The number of alkyl halides is 1. The molecule has 0 spiro atoms. The molecule has 3 heteroatoms. The summed E-state index contributed by atoms with van der Waals surface area (Å²) >= 11 is 3.15. The van der Waals surface area contributed by atoms with Gasteiger partial charge in [0.05, 0.1) is 5.33 Å². The molecule has 0 atom stereocenters. The van der Waals surface area contributed by atoms with Crippen LogP contribution in [0.2, 0.25) is 0 Å². The SMILES string of the molecule is CC1(C)CCC(NC(=O)CBr)CC1. The summed E-state index contributed by atoms with van der Waals surface area (Å²) in [5.74, 6) is 0.115. The minimum absolute atomic E-state index is 0.115. The summed E-state index contributed by atoms with van der Waals surface area (Å²) in [5, 5.41) is 3.44. The zero-order valence-corrected chi connectivity index (χ0v) is 9.99. The van der Waals surface area contributed by atoms with E-state index >= 15 is 0 Å². The van der Waals surface area contributed by atoms with E-state index < -0.39 is 0 Å². The third kappa shape index (κ3) is 3.67. The molecule has 0 aromatic rings. The highest BCUT2D eigenvalue weighted by molar-refractivity contribution is 9.09. The minimum atomic E-state index is 0.115. The monoisotopic (exact) mass is 247 g/mol. The van der Waals surface area contributed by atoms with Crippen molar-refractivity contribution in [2.75, 3.05) is 5.33 Å². The number of hydrogen-bond donors (Lipinski definition) is 1. The zero-order chi connectivity index (χ0) is 9.90. The second-order valence-corrected chi connectivity index (χ2v) is 5.20. The van der Waals surface area contributed by atoms with Gasteiger partial charge >= 0.3 is 0 Å². The first-order chi connectivity index (χ1) is 6.03. The van der Waals surface area contributed by atoms with Gasteiger partial charge in [0, 0.05) is 6.04 Å². The van der Waals surface area contributed by atoms with Gasteiger partial charge in [-0.25, -0.2) is 0 Å². The van der Waals surface area contributed by atoms with Crippen LogP contribution >= 0.6 is 15.9 Å². The number of amides is 1. The third-order valence-corrected chi connectivity index (χ3v) is 3.33. The highest BCUT2D eigenvalue weighted by Crippen LogP contribution is 2.34. The van der Waals surface area contributed by atoms with Crippen molar-refractivity contribution in [1.82, 2.24) is 5.32 Å². The maximum Gasteiger partial charge on any atom is 0.230 e. The fourth-order valence-corrected chi connectivity index (χ4v) is 1.97. The molecule has 1 N–H and O–H groups in total. The highest BCUT2D eigenvalue weighted by atomic mass is 79.9. The molecule has 2 nitrogen and oxygen atoms in total. The molecule has 0 saturated heterocycles. The number of halogens is 1. The lowest BCUT2D eigenvalue weighted by atomic mass is 9.75. The van der Waals surface area contributed by atoms with Crippen LogP contribution in [0.3, 0.4) is 0 Å². The van der Waals surface area contributed by atoms with Gasteiger partial charge in [0.1, 0.15) is 0 Å². The Morgan fingerprint density at radius 2 is 2.00 bits per heavy atom. The fraction of sp³-hybridized carbons (Fsp3) is 0.900. The summed E-state index contributed by atoms with van der Waals surface area (Å²) in [4.78, 5) is 11.1. The van der Waals surface area contributed by atoms with E-state index in [4.69, 9.17) is 0 Å². The smallest absolute Gasteiger partial charge is 0.230 e. The third-order valence-electron chi connectivity index (χ3n) is 2.83. The molecular weight excluding hydrogens is 230 g/mol. The lowest BCUT2D eigenvalue weighted by molar-refractivity contribution is -0.119. The molecule has 13 heavy (non-hydrogen) atoms. The van der Waals surface area contributed by atoms with Crippen LogP contribution in [0.25, 0.3) is 0 Å². The molecule has 0 aromatic carbocycles. The Bertz CT molecular complexity index is 181. The predicted molar refractivity (Wildman–Crippen MR) is 58.0 cm³/mol. The van der Waals surface area contributed by atoms with Crippen molar-refractivity contribution in [1.29, 1.82) is 0 Å². The molecule has 0 aliphatic heterocycles. The van der Waals surface area contributed by atoms with Gasteiger partial charge in [0.15, 0.2) is 0 Å². The molecule has 0 heterocycles. The second kappa shape index (κ2) is 4.45. The molecule has 76 valence electrons. The summed E-state index contributed by atoms with van der Waals surface area (Å²) < 4.78 is 0. The molecule has 1 fully saturated rings. The van der Waals surface area contributed by atoms with Crippen molar-refractivity contribution in [3.8, 4) is 0 Å². The lowest BCUT2D eigenvalue weighted by Crippen LogP contribution is -2.39. The van der Waals surface area contributed by atoms with Crippen molar-refractivity contribution in [3.05, 3.63) is 0 Å². The topological polar surface area (TPSA) is 29.1 Å². The predicted octanol–water partition coefficient (Wildman–Crippen LogP) is 2.47. The van der Waals surface area contributed by atoms with E-state index in [2.05, 4.69) is 35.1 Å². The van der Waals surface area contributed by atoms with Crippen LogP contribution in [0.15, 0.2) is 0 Å². The van der Waals surface area contributed by atoms with Crippen LogP contribution in [0.5, 0.6) is 0 Å². The van der Waals surface area contributed by atoms with Gasteiger partial charge in [-0.15, -0.1) is 0 Å². The van der Waals surface area contributed by atoms with Crippen molar-refractivity contribution < 1.29 is 4.79 Å². The summed E-state index contributed by atoms with van der Waals surface area (Å²) in [6.45, 7) is 4.60. The van der Waals surface area contributed by atoms with Crippen LogP contribution in [0.4, 0.5) is 0 Å². The minimum Gasteiger partial charge on any atom is -0.353 e. The molecule has 0 bridgehead atoms. The van der Waals surface area contributed by atoms with Gasteiger partial charge in [-0.05, 0) is 31.1 Å². The fourth-order valence-electron chi connectivity index (χ4n) is 1.81. The van der Waals surface area contributed by atoms with Crippen LogP contribution in [0, 0.1) is 5.41 Å². The molecular formula is C10H18BrNO. The molecule has 1 saturated carbocycles. The first-order valence-corrected chi connectivity index (χ1v) is 6.01. The van der Waals surface area contributed by atoms with E-state index in [0.717, 1.165) is 12.8 Å². The first kappa shape index (κ1) is 11.0. The van der Waals surface area contributed by atoms with Crippen LogP contribution in [-0.4, -0.2) is 17.3 Å². The van der Waals surface area contributed by atoms with E-state index in [0.29, 0.717) is 16.8 Å². The van der Waals surface area contributed by atoms with E-state index in [-0.39, 0.29) is 5.91 Å². The van der Waals surface area contributed by atoms with Gasteiger partial charge in [-0.1, -0.05) is 29.8 Å². The number of hydrogen-bond acceptors (Lipinski definition) is 1. The Balaban J connectivity index is 2.29. The van der Waals surface area contributed by atoms with E-state index in [1.807, 2.05) is 0 Å². The van der Waals surface area contributed by atoms with E-state index in [1.54, 1.807) is 0 Å². The Hall–Kier alpha value is -0.0500. The van der Waals surface area contributed by atoms with Crippen LogP contribution in [-0.2, 0) is 4.79 Å². The molecule has 1 amide bonds. The largest absolute Gasteiger partial charge is 0.353 e. The lowest BCUT2D eigenvalue weighted by Gasteiger charge is -2.34. The molecule has 1 aliphatic carbocycles. The summed E-state index contributed by atoms with van der Waals surface area (Å²) in [7, 11) is 0. The maximum atomic E-state index is 11.1. The Morgan fingerprint density at radius 3 is 2.46 bits per heavy atom. The maximum absolute atomic E-state index is 11.1. The Labute approximate surface area is 88.6 Å². The zero-order valence-electron chi connectivity index (χ0n) is 8.40. The van der Waals surface area contributed by atoms with Crippen molar-refractivity contribution in [3.63, 3.8) is 0 Å². The van der Waals surface area contributed by atoms with Gasteiger partial charge in [0.2, 0.25) is 5.91 Å². The van der Waals surface area contributed by atoms with Crippen molar-refractivity contribution in [2.24, 2.45) is 5.41 Å². The normalized spacial score (nSPS) is 22.7. The number of carbonyl (C=O) groups excluding carboxylic acids is 1. The van der Waals surface area contributed by atoms with Gasteiger partial charge in [-0.3, -0.25) is 4.79 Å².